The predicted molar refractivity (Wildman–Crippen MR) is 257 cm³/mol. The van der Waals surface area contributed by atoms with Crippen molar-refractivity contribution in [3.63, 3.8) is 0 Å². The number of hydrogen-bond acceptors (Lipinski definition) is 6. The van der Waals surface area contributed by atoms with Gasteiger partial charge in [-0.3, -0.25) is 0 Å². The van der Waals surface area contributed by atoms with E-state index in [2.05, 4.69) is 157 Å². The summed E-state index contributed by atoms with van der Waals surface area (Å²) in [6.45, 7) is 8.65. The third-order valence-electron chi connectivity index (χ3n) is 14.5. The minimum absolute atomic E-state index is 0.106. The highest BCUT2D eigenvalue weighted by Crippen LogP contribution is 2.56. The Labute approximate surface area is 380 Å². The maximum atomic E-state index is 6.79. The molecule has 6 aliphatic heterocycles. The van der Waals surface area contributed by atoms with Gasteiger partial charge in [-0.25, -0.2) is 0 Å². The maximum absolute atomic E-state index is 6.79. The van der Waals surface area contributed by atoms with Gasteiger partial charge in [0.15, 0.2) is 25.5 Å². The van der Waals surface area contributed by atoms with Gasteiger partial charge in [0, 0.05) is 88.7 Å². The summed E-state index contributed by atoms with van der Waals surface area (Å²) in [5.74, 6) is 2.07. The molecule has 0 saturated carbocycles. The van der Waals surface area contributed by atoms with Crippen LogP contribution in [0.25, 0.3) is 33.0 Å². The molecule has 0 bridgehead atoms. The zero-order valence-corrected chi connectivity index (χ0v) is 38.7. The summed E-state index contributed by atoms with van der Waals surface area (Å²) < 4.78 is 20.6. The molecule has 0 radical (unpaired) electrons. The molecular weight excluding hydrogens is 817 g/mol. The van der Waals surface area contributed by atoms with Crippen molar-refractivity contribution in [3.8, 4) is 11.5 Å². The molecule has 6 aromatic rings. The molecule has 320 valence electrons. The second-order valence-electron chi connectivity index (χ2n) is 19.6. The SMILES string of the molecule is C[N+](C)(CCC[n+]1ccc2c3c(cccc31)OC1CCN3C(=C21)Sc1ccccc13)CCC[N+](C)(C)CCC[n+]1ccc2c3c(cccc31)OC1CCN3C(=C21)Sc1ccccc13. The number of nitrogens with zero attached hydrogens (tertiary/aromatic N) is 6. The van der Waals surface area contributed by atoms with Crippen LogP contribution in [0.15, 0.2) is 129 Å². The Kier molecular flexibility index (Phi) is 9.63. The molecule has 6 aliphatic rings. The highest BCUT2D eigenvalue weighted by molar-refractivity contribution is 8.04. The van der Waals surface area contributed by atoms with Gasteiger partial charge in [0.1, 0.15) is 23.7 Å². The highest BCUT2D eigenvalue weighted by Gasteiger charge is 2.42. The smallest absolute Gasteiger partial charge is 0.216 e. The van der Waals surface area contributed by atoms with Crippen LogP contribution in [0.5, 0.6) is 11.5 Å². The first-order valence-electron chi connectivity index (χ1n) is 23.2. The number of rotatable bonds is 12. The number of anilines is 2. The summed E-state index contributed by atoms with van der Waals surface area (Å²) >= 11 is 3.82. The second kappa shape index (κ2) is 15.3. The van der Waals surface area contributed by atoms with Crippen molar-refractivity contribution < 1.29 is 27.6 Å². The van der Waals surface area contributed by atoms with E-state index in [0.29, 0.717) is 0 Å². The first-order chi connectivity index (χ1) is 30.7. The summed E-state index contributed by atoms with van der Waals surface area (Å²) in [5, 5.41) is 5.24. The molecule has 0 fully saturated rings. The molecule has 12 rings (SSSR count). The standard InChI is InChI=1S/C53H58N6O2S2/c1-58(2,32-11-26-54-28-22-36-48-40(54)16-9-18-42(48)60-44-24-30-56-38-14-5-7-20-46(38)62-52(56)50(36)44)34-13-35-59(3,4)33-12-27-55-29-23-37-49-41(55)17-10-19-43(49)61-45-25-31-57-39-15-6-8-21-47(39)63-53(57)51(37)45/h5-10,14-23,28-29,44-45H,11-13,24-27,30-35H2,1-4H3/q+4. The van der Waals surface area contributed by atoms with Gasteiger partial charge < -0.3 is 28.2 Å². The zero-order chi connectivity index (χ0) is 42.5. The molecular formula is C53H58N6O2S2+4. The van der Waals surface area contributed by atoms with Gasteiger partial charge in [0.25, 0.3) is 0 Å². The molecule has 0 amide bonds. The Morgan fingerprint density at radius 3 is 1.46 bits per heavy atom. The van der Waals surface area contributed by atoms with E-state index >= 15 is 0 Å². The van der Waals surface area contributed by atoms with Gasteiger partial charge in [-0.1, -0.05) is 59.9 Å². The van der Waals surface area contributed by atoms with E-state index < -0.39 is 0 Å². The van der Waals surface area contributed by atoms with E-state index in [1.807, 2.05) is 23.5 Å². The van der Waals surface area contributed by atoms with Gasteiger partial charge in [0.05, 0.1) is 99.4 Å². The Bertz CT molecular complexity index is 2710. The summed E-state index contributed by atoms with van der Waals surface area (Å²) in [6, 6.07) is 35.7. The molecule has 2 aromatic heterocycles. The molecule has 0 N–H and O–H groups in total. The molecule has 8 heterocycles. The summed E-state index contributed by atoms with van der Waals surface area (Å²) in [5.41, 5.74) is 10.7. The van der Waals surface area contributed by atoms with Crippen molar-refractivity contribution in [2.24, 2.45) is 0 Å². The fourth-order valence-corrected chi connectivity index (χ4v) is 13.9. The van der Waals surface area contributed by atoms with Crippen LogP contribution in [-0.4, -0.2) is 88.6 Å². The fraction of sp³-hybridized carbons (Fsp3) is 0.358. The number of quaternary nitrogens is 2. The molecule has 4 aromatic carbocycles. The van der Waals surface area contributed by atoms with E-state index in [1.54, 1.807) is 0 Å². The molecule has 2 unspecified atom stereocenters. The van der Waals surface area contributed by atoms with Crippen molar-refractivity contribution in [2.75, 3.05) is 77.3 Å². The lowest BCUT2D eigenvalue weighted by Crippen LogP contribution is -2.48. The lowest BCUT2D eigenvalue weighted by atomic mass is 9.90. The summed E-state index contributed by atoms with van der Waals surface area (Å²) in [6.07, 6.45) is 10.4. The number of pyridine rings is 2. The summed E-state index contributed by atoms with van der Waals surface area (Å²) in [4.78, 5) is 7.74. The third kappa shape index (κ3) is 6.82. The Hall–Kier alpha value is -5.00. The first kappa shape index (κ1) is 39.6. The first-order valence-corrected chi connectivity index (χ1v) is 24.8. The van der Waals surface area contributed by atoms with E-state index in [1.165, 1.54) is 94.8 Å². The Morgan fingerprint density at radius 1 is 0.540 bits per heavy atom. The quantitative estimate of drug-likeness (QED) is 0.0901. The number of aromatic nitrogens is 2. The normalized spacial score (nSPS) is 19.4. The van der Waals surface area contributed by atoms with E-state index in [-0.39, 0.29) is 12.2 Å². The molecule has 10 heteroatoms. The van der Waals surface area contributed by atoms with Crippen LogP contribution in [0, 0.1) is 0 Å². The average Bonchev–Trinajstić information content (AvgIpc) is 3.86. The van der Waals surface area contributed by atoms with Gasteiger partial charge in [-0.05, 0) is 36.4 Å². The Balaban J connectivity index is 0.672. The maximum Gasteiger partial charge on any atom is 0.216 e. The second-order valence-corrected chi connectivity index (χ2v) is 21.7. The highest BCUT2D eigenvalue weighted by atomic mass is 32.2. The van der Waals surface area contributed by atoms with Crippen molar-refractivity contribution >= 4 is 67.9 Å². The number of thioether (sulfide) groups is 2. The fourth-order valence-electron chi connectivity index (χ4n) is 11.3. The number of para-hydroxylation sites is 2. The van der Waals surface area contributed by atoms with Crippen molar-refractivity contribution in [1.29, 1.82) is 0 Å². The lowest BCUT2D eigenvalue weighted by Gasteiger charge is -2.37. The molecule has 0 aliphatic carbocycles. The van der Waals surface area contributed by atoms with Gasteiger partial charge >= 0.3 is 0 Å². The minimum Gasteiger partial charge on any atom is -0.485 e. The van der Waals surface area contributed by atoms with Crippen LogP contribution in [0.4, 0.5) is 11.4 Å². The summed E-state index contributed by atoms with van der Waals surface area (Å²) in [7, 11) is 9.68. The van der Waals surface area contributed by atoms with Gasteiger partial charge in [-0.2, -0.15) is 9.13 Å². The predicted octanol–water partition coefficient (Wildman–Crippen LogP) is 9.48. The number of aryl methyl sites for hydroxylation is 2. The van der Waals surface area contributed by atoms with Crippen molar-refractivity contribution in [3.05, 3.63) is 131 Å². The van der Waals surface area contributed by atoms with E-state index in [4.69, 9.17) is 9.47 Å². The van der Waals surface area contributed by atoms with Crippen LogP contribution < -0.4 is 28.4 Å². The van der Waals surface area contributed by atoms with E-state index in [9.17, 15) is 0 Å². The molecule has 2 atom stereocenters. The van der Waals surface area contributed by atoms with Crippen molar-refractivity contribution in [2.45, 2.75) is 67.2 Å². The Morgan fingerprint density at radius 2 is 0.984 bits per heavy atom. The molecule has 63 heavy (non-hydrogen) atoms. The van der Waals surface area contributed by atoms with Crippen LogP contribution in [0.3, 0.4) is 0 Å². The largest absolute Gasteiger partial charge is 0.485 e. The lowest BCUT2D eigenvalue weighted by molar-refractivity contribution is -0.911. The van der Waals surface area contributed by atoms with Crippen LogP contribution >= 0.6 is 23.5 Å². The number of fused-ring (bicyclic) bond motifs is 10. The number of benzene rings is 4. The molecule has 0 spiro atoms. The van der Waals surface area contributed by atoms with Crippen LogP contribution in [0.2, 0.25) is 0 Å². The van der Waals surface area contributed by atoms with Crippen molar-refractivity contribution in [1.82, 2.24) is 0 Å². The number of hydrogen-bond donors (Lipinski definition) is 0. The average molecular weight is 875 g/mol. The monoisotopic (exact) mass is 874 g/mol. The van der Waals surface area contributed by atoms with Gasteiger partial charge in [0.2, 0.25) is 11.0 Å². The number of ether oxygens (including phenoxy) is 2. The van der Waals surface area contributed by atoms with E-state index in [0.717, 1.165) is 85.4 Å². The molecule has 0 saturated heterocycles. The van der Waals surface area contributed by atoms with Crippen LogP contribution in [0.1, 0.15) is 43.2 Å². The molecule has 8 nitrogen and oxygen atoms in total. The third-order valence-corrected chi connectivity index (χ3v) is 16.9. The van der Waals surface area contributed by atoms with Crippen LogP contribution in [-0.2, 0) is 13.1 Å². The zero-order valence-electron chi connectivity index (χ0n) is 37.1. The topological polar surface area (TPSA) is 32.7 Å². The minimum atomic E-state index is 0.106. The van der Waals surface area contributed by atoms with Gasteiger partial charge in [-0.15, -0.1) is 0 Å².